The second-order valence-electron chi connectivity index (χ2n) is 7.25. The maximum Gasteiger partial charge on any atom is 0.246 e. The maximum absolute atomic E-state index is 13.0. The van der Waals surface area contributed by atoms with Gasteiger partial charge in [0.1, 0.15) is 0 Å². The Hall–Kier alpha value is -2.44. The molecule has 0 radical (unpaired) electrons. The fourth-order valence-electron chi connectivity index (χ4n) is 3.32. The van der Waals surface area contributed by atoms with Crippen molar-refractivity contribution in [2.24, 2.45) is 0 Å². The monoisotopic (exact) mass is 398 g/mol. The van der Waals surface area contributed by atoms with Gasteiger partial charge in [-0.05, 0) is 49.6 Å². The summed E-state index contributed by atoms with van der Waals surface area (Å²) in [5, 5.41) is 0. The zero-order chi connectivity index (χ0) is 20.3. The molecule has 1 fully saturated rings. The van der Waals surface area contributed by atoms with Crippen LogP contribution in [-0.4, -0.2) is 49.7 Å². The normalized spacial score (nSPS) is 15.9. The third-order valence-corrected chi connectivity index (χ3v) is 7.01. The summed E-state index contributed by atoms with van der Waals surface area (Å²) < 4.78 is 27.5. The van der Waals surface area contributed by atoms with E-state index in [4.69, 9.17) is 0 Å². The first-order valence-corrected chi connectivity index (χ1v) is 10.8. The van der Waals surface area contributed by atoms with Crippen molar-refractivity contribution >= 4 is 22.0 Å². The number of hydrogen-bond acceptors (Lipinski definition) is 3. The molecule has 0 N–H and O–H groups in total. The number of aryl methyl sites for hydroxylation is 3. The van der Waals surface area contributed by atoms with Crippen LogP contribution in [0.5, 0.6) is 0 Å². The zero-order valence-corrected chi connectivity index (χ0v) is 17.4. The van der Waals surface area contributed by atoms with E-state index in [1.54, 1.807) is 23.1 Å². The van der Waals surface area contributed by atoms with Gasteiger partial charge in [-0.15, -0.1) is 0 Å². The summed E-state index contributed by atoms with van der Waals surface area (Å²) >= 11 is 0. The molecule has 1 aliphatic heterocycles. The van der Waals surface area contributed by atoms with Gasteiger partial charge in [0.15, 0.2) is 0 Å². The van der Waals surface area contributed by atoms with Gasteiger partial charge in [-0.2, -0.15) is 4.31 Å². The molecule has 1 aliphatic rings. The number of sulfonamides is 1. The molecule has 28 heavy (non-hydrogen) atoms. The molecular formula is C22H26N2O3S. The standard InChI is InChI=1S/C22H26N2O3S/c1-17-5-4-6-20(15-17)9-10-22(25)23-11-13-24(14-12-23)28(26,27)21-16-18(2)7-8-19(21)3/h4-10,15-16H,11-14H2,1-3H3/b10-9+. The first-order chi connectivity index (χ1) is 13.3. The van der Waals surface area contributed by atoms with Crippen molar-refractivity contribution in [1.82, 2.24) is 9.21 Å². The van der Waals surface area contributed by atoms with E-state index in [1.807, 2.05) is 57.2 Å². The van der Waals surface area contributed by atoms with Crippen LogP contribution < -0.4 is 0 Å². The first-order valence-electron chi connectivity index (χ1n) is 9.38. The van der Waals surface area contributed by atoms with E-state index in [0.29, 0.717) is 31.1 Å². The summed E-state index contributed by atoms with van der Waals surface area (Å²) in [6.45, 7) is 7.09. The molecule has 0 atom stereocenters. The van der Waals surface area contributed by atoms with E-state index >= 15 is 0 Å². The van der Waals surface area contributed by atoms with Gasteiger partial charge in [0.2, 0.25) is 15.9 Å². The van der Waals surface area contributed by atoms with Crippen molar-refractivity contribution < 1.29 is 13.2 Å². The molecular weight excluding hydrogens is 372 g/mol. The van der Waals surface area contributed by atoms with Crippen molar-refractivity contribution in [2.45, 2.75) is 25.7 Å². The van der Waals surface area contributed by atoms with E-state index in [9.17, 15) is 13.2 Å². The number of nitrogens with zero attached hydrogens (tertiary/aromatic N) is 2. The summed E-state index contributed by atoms with van der Waals surface area (Å²) in [5.74, 6) is -0.0923. The van der Waals surface area contributed by atoms with Gasteiger partial charge in [-0.25, -0.2) is 8.42 Å². The average Bonchev–Trinajstić information content (AvgIpc) is 2.68. The zero-order valence-electron chi connectivity index (χ0n) is 16.6. The lowest BCUT2D eigenvalue weighted by atomic mass is 10.1. The van der Waals surface area contributed by atoms with Gasteiger partial charge in [-0.3, -0.25) is 4.79 Å². The van der Waals surface area contributed by atoms with Crippen LogP contribution in [0.1, 0.15) is 22.3 Å². The van der Waals surface area contributed by atoms with Gasteiger partial charge in [0, 0.05) is 32.3 Å². The Morgan fingerprint density at radius 3 is 2.29 bits per heavy atom. The Kier molecular flexibility index (Phi) is 6.01. The third kappa shape index (κ3) is 4.51. The first kappa shape index (κ1) is 20.3. The second kappa shape index (κ2) is 8.29. The van der Waals surface area contributed by atoms with Crippen LogP contribution in [0.15, 0.2) is 53.4 Å². The topological polar surface area (TPSA) is 57.7 Å². The average molecular weight is 399 g/mol. The predicted molar refractivity (Wildman–Crippen MR) is 111 cm³/mol. The van der Waals surface area contributed by atoms with E-state index in [0.717, 1.165) is 22.3 Å². The largest absolute Gasteiger partial charge is 0.337 e. The van der Waals surface area contributed by atoms with Crippen LogP contribution in [0.3, 0.4) is 0 Å². The number of amides is 1. The minimum absolute atomic E-state index is 0.0923. The molecule has 1 heterocycles. The Labute approximate surface area is 167 Å². The predicted octanol–water partition coefficient (Wildman–Crippen LogP) is 3.16. The molecule has 0 unspecified atom stereocenters. The van der Waals surface area contributed by atoms with Gasteiger partial charge in [-0.1, -0.05) is 42.0 Å². The molecule has 0 spiro atoms. The molecule has 3 rings (SSSR count). The highest BCUT2D eigenvalue weighted by Gasteiger charge is 2.30. The van der Waals surface area contributed by atoms with E-state index in [1.165, 1.54) is 4.31 Å². The molecule has 6 heteroatoms. The summed E-state index contributed by atoms with van der Waals surface area (Å²) in [7, 11) is -3.55. The quantitative estimate of drug-likeness (QED) is 0.744. The van der Waals surface area contributed by atoms with Crippen molar-refractivity contribution in [3.8, 4) is 0 Å². The summed E-state index contributed by atoms with van der Waals surface area (Å²) in [4.78, 5) is 14.5. The highest BCUT2D eigenvalue weighted by Crippen LogP contribution is 2.22. The molecule has 2 aromatic rings. The highest BCUT2D eigenvalue weighted by molar-refractivity contribution is 7.89. The Morgan fingerprint density at radius 1 is 0.929 bits per heavy atom. The Bertz CT molecular complexity index is 1000. The van der Waals surface area contributed by atoms with Crippen LogP contribution >= 0.6 is 0 Å². The van der Waals surface area contributed by atoms with Crippen LogP contribution in [0.25, 0.3) is 6.08 Å². The van der Waals surface area contributed by atoms with Crippen molar-refractivity contribution in [3.63, 3.8) is 0 Å². The number of carbonyl (C=O) groups excluding carboxylic acids is 1. The summed E-state index contributed by atoms with van der Waals surface area (Å²) in [5.41, 5.74) is 3.77. The molecule has 1 amide bonds. The molecule has 0 saturated carbocycles. The molecule has 0 aromatic heterocycles. The molecule has 5 nitrogen and oxygen atoms in total. The number of carbonyl (C=O) groups is 1. The van der Waals surface area contributed by atoms with Gasteiger partial charge < -0.3 is 4.90 Å². The van der Waals surface area contributed by atoms with Gasteiger partial charge in [0.05, 0.1) is 4.90 Å². The fraction of sp³-hybridized carbons (Fsp3) is 0.318. The molecule has 1 saturated heterocycles. The third-order valence-electron chi connectivity index (χ3n) is 4.97. The van der Waals surface area contributed by atoms with Crippen molar-refractivity contribution in [1.29, 1.82) is 0 Å². The minimum Gasteiger partial charge on any atom is -0.337 e. The SMILES string of the molecule is Cc1cccc(/C=C/C(=O)N2CCN(S(=O)(=O)c3cc(C)ccc3C)CC2)c1. The molecule has 148 valence electrons. The number of rotatable bonds is 4. The van der Waals surface area contributed by atoms with Gasteiger partial charge in [0.25, 0.3) is 0 Å². The lowest BCUT2D eigenvalue weighted by Gasteiger charge is -2.33. The fourth-order valence-corrected chi connectivity index (χ4v) is 5.05. The molecule has 0 aliphatic carbocycles. The van der Waals surface area contributed by atoms with Gasteiger partial charge >= 0.3 is 0 Å². The van der Waals surface area contributed by atoms with E-state index in [-0.39, 0.29) is 5.91 Å². The van der Waals surface area contributed by atoms with E-state index < -0.39 is 10.0 Å². The van der Waals surface area contributed by atoms with Crippen LogP contribution in [0.4, 0.5) is 0 Å². The molecule has 0 bridgehead atoms. The second-order valence-corrected chi connectivity index (χ2v) is 9.15. The Balaban J connectivity index is 1.65. The number of piperazine rings is 1. The van der Waals surface area contributed by atoms with Crippen LogP contribution in [0, 0.1) is 20.8 Å². The lowest BCUT2D eigenvalue weighted by molar-refractivity contribution is -0.127. The van der Waals surface area contributed by atoms with Crippen molar-refractivity contribution in [2.75, 3.05) is 26.2 Å². The number of hydrogen-bond donors (Lipinski definition) is 0. The number of benzene rings is 2. The maximum atomic E-state index is 13.0. The Morgan fingerprint density at radius 2 is 1.61 bits per heavy atom. The van der Waals surface area contributed by atoms with E-state index in [2.05, 4.69) is 0 Å². The summed E-state index contributed by atoms with van der Waals surface area (Å²) in [6.07, 6.45) is 3.36. The van der Waals surface area contributed by atoms with Crippen LogP contribution in [-0.2, 0) is 14.8 Å². The van der Waals surface area contributed by atoms with Crippen molar-refractivity contribution in [3.05, 3.63) is 70.8 Å². The summed E-state index contributed by atoms with van der Waals surface area (Å²) in [6, 6.07) is 13.4. The highest BCUT2D eigenvalue weighted by atomic mass is 32.2. The van der Waals surface area contributed by atoms with Crippen LogP contribution in [0.2, 0.25) is 0 Å². The minimum atomic E-state index is -3.55. The lowest BCUT2D eigenvalue weighted by Crippen LogP contribution is -2.50. The smallest absolute Gasteiger partial charge is 0.246 e. The molecule has 2 aromatic carbocycles.